The fourth-order valence-electron chi connectivity index (χ4n) is 3.94. The van der Waals surface area contributed by atoms with Crippen molar-refractivity contribution < 1.29 is 14.3 Å². The van der Waals surface area contributed by atoms with E-state index >= 15 is 0 Å². The summed E-state index contributed by atoms with van der Waals surface area (Å²) in [4.78, 5) is 28.5. The van der Waals surface area contributed by atoms with Gasteiger partial charge in [0.2, 0.25) is 5.91 Å². The topological polar surface area (TPSA) is 58.6 Å². The second kappa shape index (κ2) is 13.1. The number of hydrogen-bond donors (Lipinski definition) is 1. The summed E-state index contributed by atoms with van der Waals surface area (Å²) in [5, 5.41) is 2.91. The van der Waals surface area contributed by atoms with Crippen molar-refractivity contribution in [2.24, 2.45) is 0 Å². The average molecular weight is 537 g/mol. The molecule has 1 atom stereocenters. The van der Waals surface area contributed by atoms with Gasteiger partial charge >= 0.3 is 0 Å². The Morgan fingerprint density at radius 1 is 0.914 bits per heavy atom. The van der Waals surface area contributed by atoms with Crippen molar-refractivity contribution in [3.63, 3.8) is 0 Å². The fraction of sp³-hybridized carbons (Fsp3) is 0.310. The Morgan fingerprint density at radius 3 is 2.23 bits per heavy atom. The molecule has 0 spiro atoms. The van der Waals surface area contributed by atoms with E-state index in [4.69, 9.17) is 4.74 Å². The van der Waals surface area contributed by atoms with Gasteiger partial charge in [-0.15, -0.1) is 0 Å². The summed E-state index contributed by atoms with van der Waals surface area (Å²) in [6.07, 6.45) is 0.414. The first-order chi connectivity index (χ1) is 16.9. The predicted molar refractivity (Wildman–Crippen MR) is 143 cm³/mol. The lowest BCUT2D eigenvalue weighted by Crippen LogP contribution is -2.51. The first-order valence-corrected chi connectivity index (χ1v) is 12.8. The fourth-order valence-corrected chi connectivity index (χ4v) is 4.21. The van der Waals surface area contributed by atoms with Crippen LogP contribution in [0, 0.1) is 0 Å². The molecule has 0 aliphatic rings. The van der Waals surface area contributed by atoms with Gasteiger partial charge in [0.1, 0.15) is 11.8 Å². The maximum Gasteiger partial charge on any atom is 0.261 e. The van der Waals surface area contributed by atoms with E-state index < -0.39 is 6.04 Å². The molecule has 0 bridgehead atoms. The number of benzene rings is 3. The molecule has 3 aromatic carbocycles. The maximum absolute atomic E-state index is 13.6. The number of likely N-dealkylation sites (N-methyl/N-ethyl adjacent to an activating group) is 1. The molecule has 3 aromatic rings. The third-order valence-electron chi connectivity index (χ3n) is 5.78. The molecular formula is C29H33BrN2O3. The van der Waals surface area contributed by atoms with Crippen LogP contribution in [0.2, 0.25) is 0 Å². The number of halogens is 1. The second-order valence-electron chi connectivity index (χ2n) is 8.73. The molecule has 0 heterocycles. The first-order valence-electron chi connectivity index (χ1n) is 12.0. The molecule has 3 rings (SSSR count). The molecule has 35 heavy (non-hydrogen) atoms. The van der Waals surface area contributed by atoms with Gasteiger partial charge in [-0.1, -0.05) is 90.4 Å². The molecule has 0 aromatic heterocycles. The summed E-state index contributed by atoms with van der Waals surface area (Å²) in [5.74, 6) is 0.543. The van der Waals surface area contributed by atoms with Crippen LogP contribution in [0.15, 0.2) is 83.3 Å². The minimum atomic E-state index is -0.669. The van der Waals surface area contributed by atoms with E-state index in [1.54, 1.807) is 4.90 Å². The Kier molecular flexibility index (Phi) is 9.91. The highest BCUT2D eigenvalue weighted by Gasteiger charge is 2.30. The Balaban J connectivity index is 1.90. The normalized spacial score (nSPS) is 11.7. The molecule has 0 fully saturated rings. The zero-order valence-corrected chi connectivity index (χ0v) is 22.1. The van der Waals surface area contributed by atoms with Crippen LogP contribution in [0.4, 0.5) is 0 Å². The van der Waals surface area contributed by atoms with Crippen molar-refractivity contribution in [1.29, 1.82) is 0 Å². The minimum absolute atomic E-state index is 0.148. The largest absolute Gasteiger partial charge is 0.483 e. The van der Waals surface area contributed by atoms with Gasteiger partial charge in [0, 0.05) is 24.0 Å². The van der Waals surface area contributed by atoms with Crippen LogP contribution in [0.3, 0.4) is 0 Å². The van der Waals surface area contributed by atoms with E-state index in [0.717, 1.165) is 21.2 Å². The highest BCUT2D eigenvalue weighted by atomic mass is 79.9. The Bertz CT molecular complexity index is 1100. The number of nitrogens with one attached hydrogen (secondary N) is 1. The number of ether oxygens (including phenoxy) is 1. The third kappa shape index (κ3) is 7.69. The van der Waals surface area contributed by atoms with Crippen LogP contribution < -0.4 is 10.1 Å². The zero-order chi connectivity index (χ0) is 25.2. The summed E-state index contributed by atoms with van der Waals surface area (Å²) in [7, 11) is 0. The van der Waals surface area contributed by atoms with Crippen LogP contribution in [-0.2, 0) is 22.6 Å². The summed E-state index contributed by atoms with van der Waals surface area (Å²) >= 11 is 3.46. The minimum Gasteiger partial charge on any atom is -0.483 e. The van der Waals surface area contributed by atoms with Gasteiger partial charge in [-0.25, -0.2) is 0 Å². The summed E-state index contributed by atoms with van der Waals surface area (Å²) in [6, 6.07) is 24.6. The van der Waals surface area contributed by atoms with Gasteiger partial charge in [-0.05, 0) is 47.7 Å². The number of hydrogen-bond acceptors (Lipinski definition) is 3. The van der Waals surface area contributed by atoms with Crippen LogP contribution >= 0.6 is 15.9 Å². The molecule has 0 saturated heterocycles. The molecule has 5 nitrogen and oxygen atoms in total. The molecule has 6 heteroatoms. The molecule has 0 unspecified atom stereocenters. The van der Waals surface area contributed by atoms with Crippen LogP contribution in [0.1, 0.15) is 43.4 Å². The van der Waals surface area contributed by atoms with Gasteiger partial charge in [0.15, 0.2) is 6.61 Å². The number of nitrogens with zero attached hydrogens (tertiary/aromatic N) is 1. The average Bonchev–Trinajstić information content (AvgIpc) is 2.86. The van der Waals surface area contributed by atoms with Crippen molar-refractivity contribution in [3.8, 4) is 5.75 Å². The van der Waals surface area contributed by atoms with Crippen molar-refractivity contribution in [3.05, 3.63) is 100 Å². The molecule has 0 aliphatic heterocycles. The molecule has 0 saturated carbocycles. The molecule has 2 amide bonds. The third-order valence-corrected chi connectivity index (χ3v) is 6.31. The monoisotopic (exact) mass is 536 g/mol. The van der Waals surface area contributed by atoms with E-state index in [2.05, 4.69) is 35.1 Å². The van der Waals surface area contributed by atoms with Gasteiger partial charge in [0.05, 0.1) is 0 Å². The summed E-state index contributed by atoms with van der Waals surface area (Å²) < 4.78 is 6.96. The van der Waals surface area contributed by atoms with Crippen molar-refractivity contribution in [1.82, 2.24) is 10.2 Å². The highest BCUT2D eigenvalue weighted by Crippen LogP contribution is 2.26. The van der Waals surface area contributed by atoms with Crippen LogP contribution in [0.5, 0.6) is 5.75 Å². The second-order valence-corrected chi connectivity index (χ2v) is 9.65. The predicted octanol–water partition coefficient (Wildman–Crippen LogP) is 5.73. The number of para-hydroxylation sites is 1. The standard InChI is InChI=1S/C29H33BrN2O3/c1-4-31-29(34)26(18-22-10-6-5-7-11-22)32(19-23-14-16-24(30)17-15-23)28(33)20-35-27-13-9-8-12-25(27)21(2)3/h5-17,21,26H,4,18-20H2,1-3H3,(H,31,34)/t26-/m0/s1. The van der Waals surface area contributed by atoms with Crippen molar-refractivity contribution in [2.45, 2.75) is 45.7 Å². The maximum atomic E-state index is 13.6. The highest BCUT2D eigenvalue weighted by molar-refractivity contribution is 9.10. The number of carbonyl (C=O) groups excluding carboxylic acids is 2. The summed E-state index contributed by atoms with van der Waals surface area (Å²) in [5.41, 5.74) is 2.97. The summed E-state index contributed by atoms with van der Waals surface area (Å²) in [6.45, 7) is 6.71. The number of amides is 2. The van der Waals surface area contributed by atoms with Gasteiger partial charge in [0.25, 0.3) is 5.91 Å². The van der Waals surface area contributed by atoms with E-state index in [-0.39, 0.29) is 24.3 Å². The first kappa shape index (κ1) is 26.5. The Morgan fingerprint density at radius 2 is 1.57 bits per heavy atom. The van der Waals surface area contributed by atoms with E-state index in [9.17, 15) is 9.59 Å². The van der Waals surface area contributed by atoms with E-state index in [1.165, 1.54) is 0 Å². The quantitative estimate of drug-likeness (QED) is 0.340. The van der Waals surface area contributed by atoms with Crippen LogP contribution in [0.25, 0.3) is 0 Å². The smallest absolute Gasteiger partial charge is 0.261 e. The van der Waals surface area contributed by atoms with Crippen LogP contribution in [-0.4, -0.2) is 35.9 Å². The lowest BCUT2D eigenvalue weighted by atomic mass is 10.0. The lowest BCUT2D eigenvalue weighted by molar-refractivity contribution is -0.142. The molecule has 0 radical (unpaired) electrons. The number of carbonyl (C=O) groups is 2. The molecular weight excluding hydrogens is 504 g/mol. The van der Waals surface area contributed by atoms with E-state index in [1.807, 2.05) is 85.8 Å². The molecule has 184 valence electrons. The van der Waals surface area contributed by atoms with Gasteiger partial charge in [-0.2, -0.15) is 0 Å². The van der Waals surface area contributed by atoms with Gasteiger partial charge < -0.3 is 15.0 Å². The Hall–Kier alpha value is -3.12. The SMILES string of the molecule is CCNC(=O)[C@H](Cc1ccccc1)N(Cc1ccc(Br)cc1)C(=O)COc1ccccc1C(C)C. The lowest BCUT2D eigenvalue weighted by Gasteiger charge is -2.31. The van der Waals surface area contributed by atoms with Gasteiger partial charge in [-0.3, -0.25) is 9.59 Å². The Labute approximate surface area is 216 Å². The van der Waals surface area contributed by atoms with E-state index in [0.29, 0.717) is 25.3 Å². The molecule has 1 N–H and O–H groups in total. The van der Waals surface area contributed by atoms with Crippen molar-refractivity contribution in [2.75, 3.05) is 13.2 Å². The zero-order valence-electron chi connectivity index (χ0n) is 20.5. The van der Waals surface area contributed by atoms with Crippen molar-refractivity contribution >= 4 is 27.7 Å². The molecule has 0 aliphatic carbocycles. The number of rotatable bonds is 11.